The molecule has 0 fully saturated rings. The fourth-order valence-corrected chi connectivity index (χ4v) is 8.41. The largest absolute Gasteiger partial charge is 0.455 e. The van der Waals surface area contributed by atoms with Gasteiger partial charge in [-0.2, -0.15) is 0 Å². The zero-order chi connectivity index (χ0) is 37.5. The van der Waals surface area contributed by atoms with E-state index < -0.39 is 0 Å². The van der Waals surface area contributed by atoms with Crippen molar-refractivity contribution in [2.75, 3.05) is 0 Å². The lowest BCUT2D eigenvalue weighted by Gasteiger charge is -2.12. The zero-order valence-corrected chi connectivity index (χ0v) is 30.3. The quantitative estimate of drug-likeness (QED) is 0.175. The van der Waals surface area contributed by atoms with Crippen LogP contribution in [0.3, 0.4) is 0 Å². The fraction of sp³-hybridized carbons (Fsp3) is 0. The summed E-state index contributed by atoms with van der Waals surface area (Å²) in [6.45, 7) is 0. The topological polar surface area (TPSA) is 82.8 Å². The SMILES string of the molecule is c1cc(-c2nc(-c3cccc(-n4c5ccccc5c5ccccc54)c3)nc(-c3cccc4oc5cnccc5c34)n2)cc(-c2cccc3c2oc2ccccc23)c1. The summed E-state index contributed by atoms with van der Waals surface area (Å²) in [4.78, 5) is 20.0. The van der Waals surface area contributed by atoms with Crippen LogP contribution >= 0.6 is 0 Å². The van der Waals surface area contributed by atoms with Crippen LogP contribution in [0.4, 0.5) is 0 Å². The van der Waals surface area contributed by atoms with Gasteiger partial charge < -0.3 is 13.4 Å². The van der Waals surface area contributed by atoms with Crippen LogP contribution in [0.5, 0.6) is 0 Å². The molecule has 0 bridgehead atoms. The first-order chi connectivity index (χ1) is 28.2. The highest BCUT2D eigenvalue weighted by Crippen LogP contribution is 2.39. The van der Waals surface area contributed by atoms with Crippen molar-refractivity contribution in [3.8, 4) is 51.0 Å². The summed E-state index contributed by atoms with van der Waals surface area (Å²) in [5.41, 5.74) is 11.0. The second-order valence-corrected chi connectivity index (χ2v) is 14.2. The molecule has 0 aliphatic heterocycles. The van der Waals surface area contributed by atoms with Crippen molar-refractivity contribution >= 4 is 65.7 Å². The van der Waals surface area contributed by atoms with Gasteiger partial charge in [-0.3, -0.25) is 4.98 Å². The van der Waals surface area contributed by atoms with Crippen LogP contribution in [0.15, 0.2) is 185 Å². The van der Waals surface area contributed by atoms with Crippen LogP contribution < -0.4 is 0 Å². The molecule has 0 unspecified atom stereocenters. The maximum Gasteiger partial charge on any atom is 0.164 e. The Hall–Kier alpha value is -7.90. The van der Waals surface area contributed by atoms with Crippen molar-refractivity contribution in [1.29, 1.82) is 0 Å². The minimum atomic E-state index is 0.548. The normalized spacial score (nSPS) is 11.9. The molecule has 0 spiro atoms. The molecule has 0 N–H and O–H groups in total. The van der Waals surface area contributed by atoms with Gasteiger partial charge in [0.1, 0.15) is 16.7 Å². The molecule has 5 aromatic heterocycles. The van der Waals surface area contributed by atoms with Gasteiger partial charge in [0.25, 0.3) is 0 Å². The van der Waals surface area contributed by atoms with Gasteiger partial charge in [-0.1, -0.05) is 115 Å². The van der Waals surface area contributed by atoms with Gasteiger partial charge >= 0.3 is 0 Å². The molecule has 0 amide bonds. The van der Waals surface area contributed by atoms with Crippen molar-refractivity contribution in [3.05, 3.63) is 176 Å². The van der Waals surface area contributed by atoms with E-state index in [1.54, 1.807) is 12.4 Å². The van der Waals surface area contributed by atoms with E-state index in [-0.39, 0.29) is 0 Å². The molecular formula is C50H29N5O2. The molecule has 0 saturated carbocycles. The maximum atomic E-state index is 6.44. The van der Waals surface area contributed by atoms with E-state index in [1.165, 1.54) is 10.8 Å². The molecule has 0 aliphatic rings. The molecule has 5 heterocycles. The molecule has 0 radical (unpaired) electrons. The lowest BCUT2D eigenvalue weighted by Crippen LogP contribution is -2.01. The second-order valence-electron chi connectivity index (χ2n) is 14.2. The predicted molar refractivity (Wildman–Crippen MR) is 228 cm³/mol. The van der Waals surface area contributed by atoms with Crippen molar-refractivity contribution in [2.45, 2.75) is 0 Å². The number of fused-ring (bicyclic) bond motifs is 9. The highest BCUT2D eigenvalue weighted by Gasteiger charge is 2.20. The first-order valence-corrected chi connectivity index (χ1v) is 18.9. The van der Waals surface area contributed by atoms with E-state index in [0.717, 1.165) is 82.8 Å². The minimum Gasteiger partial charge on any atom is -0.455 e. The van der Waals surface area contributed by atoms with E-state index in [2.05, 4.69) is 131 Å². The van der Waals surface area contributed by atoms with Crippen molar-refractivity contribution in [2.24, 2.45) is 0 Å². The van der Waals surface area contributed by atoms with Crippen molar-refractivity contribution < 1.29 is 8.83 Å². The Morgan fingerprint density at radius 1 is 0.404 bits per heavy atom. The number of aromatic nitrogens is 5. The Kier molecular flexibility index (Phi) is 6.79. The summed E-state index contributed by atoms with van der Waals surface area (Å²) in [6.07, 6.45) is 3.53. The van der Waals surface area contributed by atoms with E-state index >= 15 is 0 Å². The Morgan fingerprint density at radius 3 is 1.84 bits per heavy atom. The van der Waals surface area contributed by atoms with Crippen LogP contribution in [-0.2, 0) is 0 Å². The summed E-state index contributed by atoms with van der Waals surface area (Å²) >= 11 is 0. The van der Waals surface area contributed by atoms with E-state index in [4.69, 9.17) is 23.8 Å². The number of hydrogen-bond acceptors (Lipinski definition) is 6. The molecule has 57 heavy (non-hydrogen) atoms. The third-order valence-corrected chi connectivity index (χ3v) is 11.0. The van der Waals surface area contributed by atoms with Crippen LogP contribution in [-0.4, -0.2) is 24.5 Å². The molecule has 12 aromatic rings. The van der Waals surface area contributed by atoms with Gasteiger partial charge in [0.05, 0.1) is 17.2 Å². The number of benzene rings is 7. The lowest BCUT2D eigenvalue weighted by atomic mass is 10.00. The summed E-state index contributed by atoms with van der Waals surface area (Å²) in [5.74, 6) is 1.67. The lowest BCUT2D eigenvalue weighted by molar-refractivity contribution is 0.667. The van der Waals surface area contributed by atoms with Gasteiger partial charge in [0, 0.05) is 66.5 Å². The Bertz CT molecular complexity index is 3500. The average Bonchev–Trinajstić information content (AvgIpc) is 3.96. The van der Waals surface area contributed by atoms with Gasteiger partial charge in [-0.25, -0.2) is 15.0 Å². The van der Waals surface area contributed by atoms with E-state index in [1.807, 2.05) is 42.5 Å². The Morgan fingerprint density at radius 2 is 1.02 bits per heavy atom. The van der Waals surface area contributed by atoms with E-state index in [0.29, 0.717) is 23.1 Å². The van der Waals surface area contributed by atoms with Gasteiger partial charge in [0.15, 0.2) is 23.1 Å². The van der Waals surface area contributed by atoms with Crippen LogP contribution in [0.1, 0.15) is 0 Å². The fourth-order valence-electron chi connectivity index (χ4n) is 8.41. The Labute approximate surface area is 325 Å². The minimum absolute atomic E-state index is 0.548. The zero-order valence-electron chi connectivity index (χ0n) is 30.3. The second kappa shape index (κ2) is 12.3. The molecule has 7 heteroatoms. The van der Waals surface area contributed by atoms with Crippen molar-refractivity contribution in [3.63, 3.8) is 0 Å². The number of hydrogen-bond donors (Lipinski definition) is 0. The smallest absolute Gasteiger partial charge is 0.164 e. The number of furan rings is 2. The average molecular weight is 732 g/mol. The highest BCUT2D eigenvalue weighted by atomic mass is 16.3. The van der Waals surface area contributed by atoms with Gasteiger partial charge in [-0.05, 0) is 54.1 Å². The molecule has 7 nitrogen and oxygen atoms in total. The maximum absolute atomic E-state index is 6.44. The predicted octanol–water partition coefficient (Wildman–Crippen LogP) is 12.8. The summed E-state index contributed by atoms with van der Waals surface area (Å²) < 4.78 is 15.0. The number of rotatable bonds is 5. The first kappa shape index (κ1) is 31.5. The standard InChI is InChI=1S/C50H29N5O2/c1-4-21-41-35(15-1)36-16-2-5-22-42(36)55(41)33-14-8-13-32(28-33)49-52-48(53-50(54-49)40-20-10-24-44-46(40)39-25-26-51-29-45(39)56-44)31-12-7-11-30(27-31)34-18-9-19-38-37-17-3-6-23-43(37)57-47(34)38/h1-29H. The third-order valence-electron chi connectivity index (χ3n) is 11.0. The highest BCUT2D eigenvalue weighted by molar-refractivity contribution is 6.12. The number of para-hydroxylation sites is 4. The van der Waals surface area contributed by atoms with Gasteiger partial charge in [0.2, 0.25) is 0 Å². The summed E-state index contributed by atoms with van der Waals surface area (Å²) in [6, 6.07) is 56.3. The molecule has 12 rings (SSSR count). The van der Waals surface area contributed by atoms with Crippen molar-refractivity contribution in [1.82, 2.24) is 24.5 Å². The van der Waals surface area contributed by atoms with Crippen LogP contribution in [0, 0.1) is 0 Å². The number of nitrogens with zero attached hydrogens (tertiary/aromatic N) is 5. The molecule has 0 atom stereocenters. The van der Waals surface area contributed by atoms with Crippen LogP contribution in [0.2, 0.25) is 0 Å². The van der Waals surface area contributed by atoms with E-state index in [9.17, 15) is 0 Å². The first-order valence-electron chi connectivity index (χ1n) is 18.9. The summed E-state index contributed by atoms with van der Waals surface area (Å²) in [7, 11) is 0. The van der Waals surface area contributed by atoms with Gasteiger partial charge in [-0.15, -0.1) is 0 Å². The monoisotopic (exact) mass is 731 g/mol. The number of pyridine rings is 1. The molecule has 0 aliphatic carbocycles. The Balaban J connectivity index is 1.07. The molecular weight excluding hydrogens is 703 g/mol. The third kappa shape index (κ3) is 4.92. The van der Waals surface area contributed by atoms with Crippen LogP contribution in [0.25, 0.3) is 117 Å². The molecule has 7 aromatic carbocycles. The molecule has 0 saturated heterocycles. The summed E-state index contributed by atoms with van der Waals surface area (Å²) in [5, 5.41) is 6.47. The molecule has 266 valence electrons.